The molecule has 2 aromatic rings. The van der Waals surface area contributed by atoms with Crippen molar-refractivity contribution >= 4 is 11.4 Å². The molecule has 0 heterocycles. The first kappa shape index (κ1) is 13.2. The van der Waals surface area contributed by atoms with Crippen molar-refractivity contribution in [2.75, 3.05) is 13.2 Å². The van der Waals surface area contributed by atoms with E-state index in [1.807, 2.05) is 54.6 Å². The molecule has 0 aliphatic carbocycles. The fourth-order valence-electron chi connectivity index (χ4n) is 1.53. The van der Waals surface area contributed by atoms with Crippen molar-refractivity contribution in [1.29, 1.82) is 0 Å². The molecule has 0 atom stereocenters. The van der Waals surface area contributed by atoms with E-state index in [0.29, 0.717) is 13.2 Å². The molecule has 0 bridgehead atoms. The van der Waals surface area contributed by atoms with Crippen LogP contribution in [0.25, 0.3) is 0 Å². The van der Waals surface area contributed by atoms with E-state index < -0.39 is 0 Å². The van der Waals surface area contributed by atoms with Crippen molar-refractivity contribution in [1.82, 2.24) is 0 Å². The first-order valence-corrected chi connectivity index (χ1v) is 6.29. The SMILES string of the molecule is NCCCOc1ccccc1N=Nc1ccccc1. The Morgan fingerprint density at radius 2 is 1.63 bits per heavy atom. The van der Waals surface area contributed by atoms with Crippen LogP contribution in [0.15, 0.2) is 64.8 Å². The highest BCUT2D eigenvalue weighted by molar-refractivity contribution is 5.51. The van der Waals surface area contributed by atoms with Gasteiger partial charge in [-0.05, 0) is 37.2 Å². The third kappa shape index (κ3) is 4.19. The van der Waals surface area contributed by atoms with Crippen LogP contribution in [0.1, 0.15) is 6.42 Å². The van der Waals surface area contributed by atoms with E-state index >= 15 is 0 Å². The first-order chi connectivity index (χ1) is 9.40. The minimum absolute atomic E-state index is 0.592. The summed E-state index contributed by atoms with van der Waals surface area (Å²) in [5.74, 6) is 0.732. The van der Waals surface area contributed by atoms with Gasteiger partial charge in [0.05, 0.1) is 12.3 Å². The number of hydrogen-bond acceptors (Lipinski definition) is 4. The molecular weight excluding hydrogens is 238 g/mol. The molecule has 19 heavy (non-hydrogen) atoms. The van der Waals surface area contributed by atoms with E-state index in [1.54, 1.807) is 0 Å². The molecule has 0 aromatic heterocycles. The van der Waals surface area contributed by atoms with Gasteiger partial charge in [-0.15, -0.1) is 5.11 Å². The Bertz CT molecular complexity index is 526. The maximum absolute atomic E-state index is 5.63. The summed E-state index contributed by atoms with van der Waals surface area (Å²) >= 11 is 0. The largest absolute Gasteiger partial charge is 0.491 e. The summed E-state index contributed by atoms with van der Waals surface area (Å²) in [6, 6.07) is 17.2. The van der Waals surface area contributed by atoms with Crippen molar-refractivity contribution in [3.8, 4) is 5.75 Å². The Morgan fingerprint density at radius 3 is 2.42 bits per heavy atom. The van der Waals surface area contributed by atoms with E-state index in [2.05, 4.69) is 10.2 Å². The van der Waals surface area contributed by atoms with Crippen molar-refractivity contribution < 1.29 is 4.74 Å². The summed E-state index contributed by atoms with van der Waals surface area (Å²) in [6.07, 6.45) is 0.824. The predicted octanol–water partition coefficient (Wildman–Crippen LogP) is 3.83. The number of hydrogen-bond donors (Lipinski definition) is 1. The minimum atomic E-state index is 0.592. The van der Waals surface area contributed by atoms with Crippen LogP contribution >= 0.6 is 0 Å². The number of para-hydroxylation sites is 1. The Balaban J connectivity index is 2.09. The van der Waals surface area contributed by atoms with E-state index in [9.17, 15) is 0 Å². The molecule has 4 nitrogen and oxygen atoms in total. The van der Waals surface area contributed by atoms with Crippen LogP contribution in [0.4, 0.5) is 11.4 Å². The lowest BCUT2D eigenvalue weighted by Crippen LogP contribution is -2.06. The van der Waals surface area contributed by atoms with Gasteiger partial charge in [0.25, 0.3) is 0 Å². The molecule has 4 heteroatoms. The molecule has 0 saturated carbocycles. The summed E-state index contributed by atoms with van der Waals surface area (Å²) in [5, 5.41) is 8.41. The van der Waals surface area contributed by atoms with Gasteiger partial charge in [0.15, 0.2) is 0 Å². The molecule has 0 aliphatic heterocycles. The van der Waals surface area contributed by atoms with Crippen molar-refractivity contribution in [3.05, 3.63) is 54.6 Å². The molecule has 0 fully saturated rings. The summed E-state index contributed by atoms with van der Waals surface area (Å²) in [4.78, 5) is 0. The van der Waals surface area contributed by atoms with Crippen molar-refractivity contribution in [3.63, 3.8) is 0 Å². The highest BCUT2D eigenvalue weighted by atomic mass is 16.5. The van der Waals surface area contributed by atoms with Crippen LogP contribution in [-0.4, -0.2) is 13.2 Å². The number of ether oxygens (including phenoxy) is 1. The van der Waals surface area contributed by atoms with Gasteiger partial charge in [-0.25, -0.2) is 0 Å². The zero-order valence-electron chi connectivity index (χ0n) is 10.7. The van der Waals surface area contributed by atoms with Gasteiger partial charge in [-0.3, -0.25) is 0 Å². The van der Waals surface area contributed by atoms with Gasteiger partial charge in [0.2, 0.25) is 0 Å². The number of benzene rings is 2. The molecule has 2 rings (SSSR count). The highest BCUT2D eigenvalue weighted by Crippen LogP contribution is 2.28. The smallest absolute Gasteiger partial charge is 0.146 e. The second-order valence-electron chi connectivity index (χ2n) is 3.99. The molecule has 2 aromatic carbocycles. The van der Waals surface area contributed by atoms with Crippen molar-refractivity contribution in [2.24, 2.45) is 16.0 Å². The number of nitrogens with two attached hydrogens (primary N) is 1. The summed E-state index contributed by atoms with van der Waals surface area (Å²) < 4.78 is 5.63. The summed E-state index contributed by atoms with van der Waals surface area (Å²) in [5.41, 5.74) is 6.99. The zero-order chi connectivity index (χ0) is 13.3. The van der Waals surface area contributed by atoms with Gasteiger partial charge in [0.1, 0.15) is 11.4 Å². The van der Waals surface area contributed by atoms with E-state index in [4.69, 9.17) is 10.5 Å². The number of rotatable bonds is 6. The predicted molar refractivity (Wildman–Crippen MR) is 76.2 cm³/mol. The zero-order valence-corrected chi connectivity index (χ0v) is 10.7. The Labute approximate surface area is 112 Å². The van der Waals surface area contributed by atoms with Crippen LogP contribution in [0, 0.1) is 0 Å². The molecular formula is C15H17N3O. The molecule has 0 aliphatic rings. The topological polar surface area (TPSA) is 60.0 Å². The molecule has 0 radical (unpaired) electrons. The molecule has 2 N–H and O–H groups in total. The number of azo groups is 1. The average Bonchev–Trinajstić information content (AvgIpc) is 2.48. The fourth-order valence-corrected chi connectivity index (χ4v) is 1.53. The van der Waals surface area contributed by atoms with Gasteiger partial charge < -0.3 is 10.5 Å². The second-order valence-corrected chi connectivity index (χ2v) is 3.99. The molecule has 98 valence electrons. The molecule has 0 unspecified atom stereocenters. The van der Waals surface area contributed by atoms with Crippen molar-refractivity contribution in [2.45, 2.75) is 6.42 Å². The lowest BCUT2D eigenvalue weighted by molar-refractivity contribution is 0.314. The number of nitrogens with zero attached hydrogens (tertiary/aromatic N) is 2. The van der Waals surface area contributed by atoms with Crippen LogP contribution in [-0.2, 0) is 0 Å². The lowest BCUT2D eigenvalue weighted by Gasteiger charge is -2.06. The van der Waals surface area contributed by atoms with E-state index in [1.165, 1.54) is 0 Å². The average molecular weight is 255 g/mol. The van der Waals surface area contributed by atoms with Crippen LogP contribution in [0.5, 0.6) is 5.75 Å². The fraction of sp³-hybridized carbons (Fsp3) is 0.200. The van der Waals surface area contributed by atoms with Crippen LogP contribution in [0.2, 0.25) is 0 Å². The minimum Gasteiger partial charge on any atom is -0.491 e. The third-order valence-electron chi connectivity index (χ3n) is 2.50. The summed E-state index contributed by atoms with van der Waals surface area (Å²) in [7, 11) is 0. The Morgan fingerprint density at radius 1 is 0.895 bits per heavy atom. The quantitative estimate of drug-likeness (QED) is 0.630. The normalized spacial score (nSPS) is 10.8. The standard InChI is InChI=1S/C15H17N3O/c16-11-6-12-19-15-10-5-4-9-14(15)18-17-13-7-2-1-3-8-13/h1-5,7-10H,6,11-12,16H2. The van der Waals surface area contributed by atoms with E-state index in [0.717, 1.165) is 23.5 Å². The molecule has 0 amide bonds. The van der Waals surface area contributed by atoms with Gasteiger partial charge in [-0.2, -0.15) is 5.11 Å². The van der Waals surface area contributed by atoms with Crippen LogP contribution in [0.3, 0.4) is 0 Å². The first-order valence-electron chi connectivity index (χ1n) is 6.29. The highest BCUT2D eigenvalue weighted by Gasteiger charge is 2.01. The van der Waals surface area contributed by atoms with Gasteiger partial charge >= 0.3 is 0 Å². The van der Waals surface area contributed by atoms with E-state index in [-0.39, 0.29) is 0 Å². The Kier molecular flexibility index (Phi) is 5.07. The summed E-state index contributed by atoms with van der Waals surface area (Å²) in [6.45, 7) is 1.21. The maximum atomic E-state index is 5.63. The van der Waals surface area contributed by atoms with Crippen LogP contribution < -0.4 is 10.5 Å². The maximum Gasteiger partial charge on any atom is 0.146 e. The molecule has 0 spiro atoms. The third-order valence-corrected chi connectivity index (χ3v) is 2.50. The van der Waals surface area contributed by atoms with Gasteiger partial charge in [0, 0.05) is 0 Å². The second kappa shape index (κ2) is 7.28. The van der Waals surface area contributed by atoms with Gasteiger partial charge in [-0.1, -0.05) is 30.3 Å². The Hall–Kier alpha value is -2.20. The lowest BCUT2D eigenvalue weighted by atomic mass is 10.3. The monoisotopic (exact) mass is 255 g/mol. The molecule has 0 saturated heterocycles.